The average Bonchev–Trinajstić information content (AvgIpc) is 3.35. The van der Waals surface area contributed by atoms with E-state index in [1.165, 1.54) is 11.3 Å². The van der Waals surface area contributed by atoms with Crippen molar-refractivity contribution in [3.63, 3.8) is 0 Å². The summed E-state index contributed by atoms with van der Waals surface area (Å²) in [5.74, 6) is -1.06. The summed E-state index contributed by atoms with van der Waals surface area (Å²) in [5.41, 5.74) is 5.11. The maximum absolute atomic E-state index is 12.5. The van der Waals surface area contributed by atoms with Crippen LogP contribution in [0.1, 0.15) is 47.1 Å². The monoisotopic (exact) mass is 422 g/mol. The number of ether oxygens (including phenoxy) is 1. The second-order valence-corrected chi connectivity index (χ2v) is 8.08. The number of carboxylic acid groups (broad SMARTS) is 1. The van der Waals surface area contributed by atoms with Crippen molar-refractivity contribution in [2.24, 2.45) is 0 Å². The number of carbonyl (C=O) groups excluding carboxylic acids is 1. The third-order valence-corrected chi connectivity index (χ3v) is 6.25. The first-order chi connectivity index (χ1) is 14.6. The molecule has 0 radical (unpaired) electrons. The molecule has 2 N–H and O–H groups in total. The molecule has 0 saturated carbocycles. The minimum atomic E-state index is -1.01. The lowest BCUT2D eigenvalue weighted by Gasteiger charge is -2.18. The Labute approximate surface area is 178 Å². The number of hydrogen-bond acceptors (Lipinski definition) is 5. The van der Waals surface area contributed by atoms with Crippen LogP contribution in [-0.4, -0.2) is 28.8 Å². The van der Waals surface area contributed by atoms with Gasteiger partial charge in [0.15, 0.2) is 0 Å². The highest BCUT2D eigenvalue weighted by Gasteiger charge is 2.29. The Morgan fingerprint density at radius 2 is 1.77 bits per heavy atom. The zero-order chi connectivity index (χ0) is 21.1. The van der Waals surface area contributed by atoms with Crippen molar-refractivity contribution < 1.29 is 19.4 Å². The maximum atomic E-state index is 12.5. The number of aliphatic carboxylic acids is 1. The molecule has 0 saturated heterocycles. The quantitative estimate of drug-likeness (QED) is 0.573. The van der Waals surface area contributed by atoms with E-state index in [9.17, 15) is 14.7 Å². The van der Waals surface area contributed by atoms with Gasteiger partial charge in [0.1, 0.15) is 6.61 Å². The molecule has 0 aliphatic heterocycles. The Morgan fingerprint density at radius 1 is 1.13 bits per heavy atom. The Morgan fingerprint density at radius 3 is 2.33 bits per heavy atom. The van der Waals surface area contributed by atoms with E-state index in [2.05, 4.69) is 34.6 Å². The van der Waals surface area contributed by atoms with E-state index in [1.54, 1.807) is 5.38 Å². The molecular weight excluding hydrogens is 400 g/mol. The molecule has 2 aromatic carbocycles. The van der Waals surface area contributed by atoms with Crippen LogP contribution in [0.15, 0.2) is 53.9 Å². The van der Waals surface area contributed by atoms with Crippen molar-refractivity contribution in [3.8, 4) is 11.1 Å². The maximum Gasteiger partial charge on any atom is 0.407 e. The zero-order valence-electron chi connectivity index (χ0n) is 16.5. The van der Waals surface area contributed by atoms with Gasteiger partial charge in [-0.1, -0.05) is 55.5 Å². The fourth-order valence-corrected chi connectivity index (χ4v) is 4.63. The summed E-state index contributed by atoms with van der Waals surface area (Å²) in [6.45, 7) is 2.16. The van der Waals surface area contributed by atoms with Crippen molar-refractivity contribution >= 4 is 23.4 Å². The molecule has 1 unspecified atom stereocenters. The van der Waals surface area contributed by atoms with Gasteiger partial charge in [-0.25, -0.2) is 9.78 Å². The molecule has 30 heavy (non-hydrogen) atoms. The second kappa shape index (κ2) is 8.67. The summed E-state index contributed by atoms with van der Waals surface area (Å²) in [6, 6.07) is 15.5. The normalized spacial score (nSPS) is 13.4. The molecule has 1 atom stereocenters. The van der Waals surface area contributed by atoms with E-state index in [0.717, 1.165) is 33.7 Å². The van der Waals surface area contributed by atoms with Gasteiger partial charge in [0.05, 0.1) is 23.2 Å². The number of carboxylic acids is 1. The summed E-state index contributed by atoms with van der Waals surface area (Å²) in [6.07, 6.45) is -0.138. The lowest BCUT2D eigenvalue weighted by Crippen LogP contribution is -2.32. The predicted molar refractivity (Wildman–Crippen MR) is 115 cm³/mol. The number of benzene rings is 2. The van der Waals surface area contributed by atoms with Gasteiger partial charge >= 0.3 is 12.1 Å². The van der Waals surface area contributed by atoms with Crippen LogP contribution in [-0.2, 0) is 16.0 Å². The van der Waals surface area contributed by atoms with E-state index in [4.69, 9.17) is 4.74 Å². The summed E-state index contributed by atoms with van der Waals surface area (Å²) >= 11 is 1.45. The van der Waals surface area contributed by atoms with Crippen molar-refractivity contribution in [3.05, 3.63) is 75.7 Å². The number of thiazole rings is 1. The molecule has 0 spiro atoms. The highest BCUT2D eigenvalue weighted by atomic mass is 32.1. The molecule has 6 nitrogen and oxygen atoms in total. The lowest BCUT2D eigenvalue weighted by molar-refractivity contribution is -0.137. The Bertz CT molecular complexity index is 1030. The number of fused-ring (bicyclic) bond motifs is 3. The zero-order valence-corrected chi connectivity index (χ0v) is 17.3. The van der Waals surface area contributed by atoms with Crippen molar-refractivity contribution in [2.75, 3.05) is 6.61 Å². The number of nitrogens with zero attached hydrogens (tertiary/aromatic N) is 1. The van der Waals surface area contributed by atoms with Crippen molar-refractivity contribution in [1.29, 1.82) is 0 Å². The smallest absolute Gasteiger partial charge is 0.407 e. The minimum Gasteiger partial charge on any atom is -0.481 e. The molecule has 1 aromatic heterocycles. The average molecular weight is 423 g/mol. The van der Waals surface area contributed by atoms with Crippen molar-refractivity contribution in [1.82, 2.24) is 10.3 Å². The Hall–Kier alpha value is -3.19. The van der Waals surface area contributed by atoms with Crippen LogP contribution in [0.4, 0.5) is 4.79 Å². The van der Waals surface area contributed by atoms with Gasteiger partial charge in [-0.05, 0) is 28.7 Å². The first-order valence-electron chi connectivity index (χ1n) is 9.84. The summed E-state index contributed by atoms with van der Waals surface area (Å²) in [4.78, 5) is 28.2. The van der Waals surface area contributed by atoms with Crippen LogP contribution in [0, 0.1) is 0 Å². The molecule has 4 rings (SSSR count). The Kier molecular flexibility index (Phi) is 5.81. The van der Waals surface area contributed by atoms with Gasteiger partial charge in [0, 0.05) is 11.3 Å². The highest BCUT2D eigenvalue weighted by molar-refractivity contribution is 7.09. The van der Waals surface area contributed by atoms with Gasteiger partial charge in [0.2, 0.25) is 0 Å². The van der Waals surface area contributed by atoms with Crippen LogP contribution in [0.3, 0.4) is 0 Å². The van der Waals surface area contributed by atoms with Crippen LogP contribution in [0.25, 0.3) is 11.1 Å². The number of carbonyl (C=O) groups is 2. The van der Waals surface area contributed by atoms with Crippen LogP contribution in [0.2, 0.25) is 0 Å². The Balaban J connectivity index is 1.47. The second-order valence-electron chi connectivity index (χ2n) is 7.14. The van der Waals surface area contributed by atoms with Crippen molar-refractivity contribution in [2.45, 2.75) is 31.7 Å². The van der Waals surface area contributed by atoms with Gasteiger partial charge in [-0.3, -0.25) is 4.79 Å². The van der Waals surface area contributed by atoms with E-state index in [-0.39, 0.29) is 18.9 Å². The minimum absolute atomic E-state index is 0.0490. The molecule has 3 aromatic rings. The number of aryl methyl sites for hydroxylation is 1. The molecule has 1 aliphatic carbocycles. The fraction of sp³-hybridized carbons (Fsp3) is 0.261. The van der Waals surface area contributed by atoms with Gasteiger partial charge in [-0.15, -0.1) is 11.3 Å². The summed E-state index contributed by atoms with van der Waals surface area (Å²) in [7, 11) is 0. The topological polar surface area (TPSA) is 88.5 Å². The molecular formula is C23H22N2O4S. The molecule has 1 amide bonds. The highest BCUT2D eigenvalue weighted by Crippen LogP contribution is 2.44. The third kappa shape index (κ3) is 4.07. The number of alkyl carbamates (subject to hydrolysis) is 1. The van der Waals surface area contributed by atoms with E-state index >= 15 is 0 Å². The van der Waals surface area contributed by atoms with Crippen LogP contribution < -0.4 is 5.32 Å². The number of amides is 1. The molecule has 1 heterocycles. The van der Waals surface area contributed by atoms with E-state index in [0.29, 0.717) is 5.69 Å². The standard InChI is InChI=1S/C23H22N2O4S/c1-2-21-24-20(13-30-21)19(11-22(26)27)25-23(28)29-12-18-16-9-5-3-7-14(16)15-8-4-6-10-17(15)18/h3-10,13,18-19H,2,11-12H2,1H3,(H,25,28)(H,26,27). The fourth-order valence-electron chi connectivity index (χ4n) is 3.83. The SMILES string of the molecule is CCc1nc(C(CC(=O)O)NC(=O)OCC2c3ccccc3-c3ccccc32)cs1. The van der Waals surface area contributed by atoms with Crippen LogP contribution >= 0.6 is 11.3 Å². The number of rotatable bonds is 7. The number of nitrogens with one attached hydrogen (secondary N) is 1. The third-order valence-electron chi connectivity index (χ3n) is 5.24. The number of aromatic nitrogens is 1. The molecule has 0 bridgehead atoms. The first-order valence-corrected chi connectivity index (χ1v) is 10.7. The van der Waals surface area contributed by atoms with Gasteiger partial charge < -0.3 is 15.2 Å². The van der Waals surface area contributed by atoms with E-state index in [1.807, 2.05) is 31.2 Å². The molecule has 7 heteroatoms. The van der Waals surface area contributed by atoms with Gasteiger partial charge in [0.25, 0.3) is 0 Å². The summed E-state index contributed by atoms with van der Waals surface area (Å²) in [5, 5.41) is 14.6. The van der Waals surface area contributed by atoms with E-state index < -0.39 is 18.1 Å². The first kappa shape index (κ1) is 20.1. The van der Waals surface area contributed by atoms with Crippen LogP contribution in [0.5, 0.6) is 0 Å². The number of hydrogen-bond donors (Lipinski definition) is 2. The molecule has 154 valence electrons. The molecule has 0 fully saturated rings. The predicted octanol–water partition coefficient (Wildman–Crippen LogP) is 4.76. The summed E-state index contributed by atoms with van der Waals surface area (Å²) < 4.78 is 5.54. The molecule has 1 aliphatic rings. The van der Waals surface area contributed by atoms with Gasteiger partial charge in [-0.2, -0.15) is 0 Å². The largest absolute Gasteiger partial charge is 0.481 e. The lowest BCUT2D eigenvalue weighted by atomic mass is 9.98.